The molecule has 0 saturated carbocycles. The van der Waals surface area contributed by atoms with Gasteiger partial charge in [-0.2, -0.15) is 0 Å². The van der Waals surface area contributed by atoms with E-state index in [0.29, 0.717) is 36.0 Å². The summed E-state index contributed by atoms with van der Waals surface area (Å²) in [4.78, 5) is 26.6. The van der Waals surface area contributed by atoms with Crippen molar-refractivity contribution >= 4 is 46.1 Å². The van der Waals surface area contributed by atoms with Crippen molar-refractivity contribution in [2.45, 2.75) is 11.8 Å². The molecule has 0 spiro atoms. The molecule has 0 unspecified atom stereocenters. The Morgan fingerprint density at radius 3 is 2.49 bits per heavy atom. The molecule has 186 valence electrons. The summed E-state index contributed by atoms with van der Waals surface area (Å²) in [7, 11) is 0. The van der Waals surface area contributed by atoms with Crippen LogP contribution in [-0.4, -0.2) is 30.8 Å². The van der Waals surface area contributed by atoms with Gasteiger partial charge in [-0.15, -0.1) is 11.8 Å². The van der Waals surface area contributed by atoms with E-state index in [0.717, 1.165) is 5.75 Å². The SMILES string of the molecule is CCOc1cc(C=C2C(=O)NN(c3ccccc3)C2=O)ccc1OCCSc1cccc2ccccc12. The number of amides is 2. The van der Waals surface area contributed by atoms with E-state index in [4.69, 9.17) is 9.47 Å². The van der Waals surface area contributed by atoms with Crippen LogP contribution in [0.2, 0.25) is 0 Å². The van der Waals surface area contributed by atoms with E-state index in [9.17, 15) is 9.59 Å². The van der Waals surface area contributed by atoms with Crippen LogP contribution < -0.4 is 19.9 Å². The number of carbonyl (C=O) groups is 2. The number of thioether (sulfide) groups is 1. The molecule has 0 bridgehead atoms. The molecular weight excluding hydrogens is 484 g/mol. The van der Waals surface area contributed by atoms with Crippen LogP contribution in [0.1, 0.15) is 12.5 Å². The summed E-state index contributed by atoms with van der Waals surface area (Å²) in [5.41, 5.74) is 3.96. The van der Waals surface area contributed by atoms with Gasteiger partial charge in [0.15, 0.2) is 11.5 Å². The van der Waals surface area contributed by atoms with Crippen LogP contribution in [0, 0.1) is 0 Å². The van der Waals surface area contributed by atoms with Crippen LogP contribution in [0.15, 0.2) is 101 Å². The number of benzene rings is 4. The summed E-state index contributed by atoms with van der Waals surface area (Å²) in [5.74, 6) is 1.11. The zero-order valence-corrected chi connectivity index (χ0v) is 21.2. The Morgan fingerprint density at radius 1 is 0.865 bits per heavy atom. The Bertz CT molecular complexity index is 1460. The number of hydrazine groups is 1. The van der Waals surface area contributed by atoms with E-state index in [1.54, 1.807) is 36.0 Å². The van der Waals surface area contributed by atoms with Gasteiger partial charge in [0.05, 0.1) is 18.9 Å². The van der Waals surface area contributed by atoms with Crippen LogP contribution in [0.25, 0.3) is 16.8 Å². The molecule has 37 heavy (non-hydrogen) atoms. The second kappa shape index (κ2) is 11.2. The summed E-state index contributed by atoms with van der Waals surface area (Å²) in [6.45, 7) is 2.86. The van der Waals surface area contributed by atoms with Crippen LogP contribution in [0.4, 0.5) is 5.69 Å². The van der Waals surface area contributed by atoms with E-state index in [-0.39, 0.29) is 5.57 Å². The van der Waals surface area contributed by atoms with Crippen molar-refractivity contribution in [2.24, 2.45) is 0 Å². The normalized spacial score (nSPS) is 14.3. The van der Waals surface area contributed by atoms with Crippen molar-refractivity contribution < 1.29 is 19.1 Å². The molecule has 1 fully saturated rings. The van der Waals surface area contributed by atoms with Crippen molar-refractivity contribution in [3.8, 4) is 11.5 Å². The fourth-order valence-electron chi connectivity index (χ4n) is 4.11. The van der Waals surface area contributed by atoms with Gasteiger partial charge in [0, 0.05) is 10.6 Å². The maximum absolute atomic E-state index is 12.9. The van der Waals surface area contributed by atoms with E-state index < -0.39 is 11.8 Å². The Morgan fingerprint density at radius 2 is 1.65 bits per heavy atom. The molecule has 0 aliphatic carbocycles. The molecule has 1 aliphatic heterocycles. The second-order valence-electron chi connectivity index (χ2n) is 8.29. The van der Waals surface area contributed by atoms with Gasteiger partial charge >= 0.3 is 0 Å². The Balaban J connectivity index is 1.27. The molecule has 5 rings (SSSR count). The quantitative estimate of drug-likeness (QED) is 0.132. The van der Waals surface area contributed by atoms with Gasteiger partial charge in [-0.25, -0.2) is 5.01 Å². The Hall–Kier alpha value is -4.23. The zero-order valence-electron chi connectivity index (χ0n) is 20.3. The summed E-state index contributed by atoms with van der Waals surface area (Å²) in [5, 5.41) is 3.71. The average Bonchev–Trinajstić information content (AvgIpc) is 3.21. The first-order valence-electron chi connectivity index (χ1n) is 12.1. The predicted molar refractivity (Wildman–Crippen MR) is 148 cm³/mol. The van der Waals surface area contributed by atoms with Gasteiger partial charge in [-0.05, 0) is 59.7 Å². The number of hydrogen-bond donors (Lipinski definition) is 1. The lowest BCUT2D eigenvalue weighted by Gasteiger charge is -2.14. The van der Waals surface area contributed by atoms with Crippen molar-refractivity contribution in [3.63, 3.8) is 0 Å². The number of anilines is 1. The van der Waals surface area contributed by atoms with Crippen LogP contribution >= 0.6 is 11.8 Å². The molecule has 2 amide bonds. The minimum Gasteiger partial charge on any atom is -0.490 e. The monoisotopic (exact) mass is 510 g/mol. The first-order valence-corrected chi connectivity index (χ1v) is 13.0. The number of para-hydroxylation sites is 1. The standard InChI is InChI=1S/C30H26N2O4S/c1-2-35-27-20-21(19-25-29(33)31-32(30(25)34)23-11-4-3-5-12-23)15-16-26(27)36-17-18-37-28-14-8-10-22-9-6-7-13-24(22)28/h3-16,19-20H,2,17-18H2,1H3,(H,31,33). The number of fused-ring (bicyclic) bond motifs is 1. The Kier molecular flexibility index (Phi) is 7.42. The molecule has 6 nitrogen and oxygen atoms in total. The summed E-state index contributed by atoms with van der Waals surface area (Å²) < 4.78 is 11.8. The number of carbonyl (C=O) groups excluding carboxylic acids is 2. The zero-order chi connectivity index (χ0) is 25.6. The highest BCUT2D eigenvalue weighted by Gasteiger charge is 2.34. The number of nitrogens with zero attached hydrogens (tertiary/aromatic N) is 1. The molecule has 1 aliphatic rings. The molecule has 4 aromatic carbocycles. The van der Waals surface area contributed by atoms with Gasteiger partial charge in [0.25, 0.3) is 11.8 Å². The highest BCUT2D eigenvalue weighted by molar-refractivity contribution is 7.99. The predicted octanol–water partition coefficient (Wildman–Crippen LogP) is 5.87. The first kappa shape index (κ1) is 24.5. The fraction of sp³-hybridized carbons (Fsp3) is 0.133. The van der Waals surface area contributed by atoms with Crippen LogP contribution in [0.5, 0.6) is 11.5 Å². The van der Waals surface area contributed by atoms with Crippen molar-refractivity contribution in [1.29, 1.82) is 0 Å². The van der Waals surface area contributed by atoms with E-state index in [1.165, 1.54) is 20.7 Å². The molecule has 0 atom stereocenters. The third kappa shape index (κ3) is 5.47. The van der Waals surface area contributed by atoms with Crippen LogP contribution in [-0.2, 0) is 9.59 Å². The van der Waals surface area contributed by atoms with Crippen molar-refractivity contribution in [3.05, 3.63) is 102 Å². The average molecular weight is 511 g/mol. The highest BCUT2D eigenvalue weighted by Crippen LogP contribution is 2.32. The lowest BCUT2D eigenvalue weighted by Crippen LogP contribution is -2.35. The fourth-order valence-corrected chi connectivity index (χ4v) is 5.01. The molecule has 1 heterocycles. The topological polar surface area (TPSA) is 67.9 Å². The number of nitrogens with one attached hydrogen (secondary N) is 1. The number of ether oxygens (including phenoxy) is 2. The maximum Gasteiger partial charge on any atom is 0.282 e. The molecule has 0 aromatic heterocycles. The van der Waals surface area contributed by atoms with E-state index in [1.807, 2.05) is 43.3 Å². The molecule has 7 heteroatoms. The molecule has 1 saturated heterocycles. The molecular formula is C30H26N2O4S. The maximum atomic E-state index is 12.9. The van der Waals surface area contributed by atoms with E-state index >= 15 is 0 Å². The lowest BCUT2D eigenvalue weighted by atomic mass is 10.1. The summed E-state index contributed by atoms with van der Waals surface area (Å²) in [6, 6.07) is 29.1. The van der Waals surface area contributed by atoms with Gasteiger partial charge in [-0.3, -0.25) is 15.0 Å². The van der Waals surface area contributed by atoms with Crippen LogP contribution in [0.3, 0.4) is 0 Å². The third-order valence-electron chi connectivity index (χ3n) is 5.83. The molecule has 0 radical (unpaired) electrons. The Labute approximate surface area is 219 Å². The van der Waals surface area contributed by atoms with Gasteiger partial charge < -0.3 is 9.47 Å². The summed E-state index contributed by atoms with van der Waals surface area (Å²) >= 11 is 1.75. The van der Waals surface area contributed by atoms with Crippen molar-refractivity contribution in [2.75, 3.05) is 24.0 Å². The largest absolute Gasteiger partial charge is 0.490 e. The van der Waals surface area contributed by atoms with Gasteiger partial charge in [-0.1, -0.05) is 60.7 Å². The third-order valence-corrected chi connectivity index (χ3v) is 6.87. The second-order valence-corrected chi connectivity index (χ2v) is 9.43. The van der Waals surface area contributed by atoms with Gasteiger partial charge in [0.1, 0.15) is 5.57 Å². The lowest BCUT2D eigenvalue weighted by molar-refractivity contribution is -0.117. The smallest absolute Gasteiger partial charge is 0.282 e. The molecule has 4 aromatic rings. The minimum atomic E-state index is -0.447. The van der Waals surface area contributed by atoms with E-state index in [2.05, 4.69) is 41.8 Å². The van der Waals surface area contributed by atoms with Gasteiger partial charge in [0.2, 0.25) is 0 Å². The highest BCUT2D eigenvalue weighted by atomic mass is 32.2. The summed E-state index contributed by atoms with van der Waals surface area (Å²) in [6.07, 6.45) is 1.57. The number of hydrogen-bond acceptors (Lipinski definition) is 5. The first-order chi connectivity index (χ1) is 18.1. The van der Waals surface area contributed by atoms with Crippen molar-refractivity contribution in [1.82, 2.24) is 5.43 Å². The minimum absolute atomic E-state index is 0.0615. The molecule has 1 N–H and O–H groups in total. The number of rotatable bonds is 9.